The average Bonchev–Trinajstić information content (AvgIpc) is 2.33. The molecule has 1 saturated carbocycles. The van der Waals surface area contributed by atoms with Crippen molar-refractivity contribution >= 4 is 11.7 Å². The summed E-state index contributed by atoms with van der Waals surface area (Å²) in [6, 6.07) is 5.17. The molecule has 1 aromatic heterocycles. The first-order chi connectivity index (χ1) is 8.19. The fourth-order valence-electron chi connectivity index (χ4n) is 2.12. The van der Waals surface area contributed by atoms with E-state index in [2.05, 4.69) is 22.7 Å². The fraction of sp³-hybridized carbons (Fsp3) is 0.500. The number of aromatic nitrogens is 1. The number of nitrogens with one attached hydrogen (secondary N) is 2. The van der Waals surface area contributed by atoms with Gasteiger partial charge in [-0.2, -0.15) is 0 Å². The van der Waals surface area contributed by atoms with Crippen molar-refractivity contribution in [3.63, 3.8) is 0 Å². The number of rotatable bonds is 4. The molecule has 0 atom stereocenters. The molecule has 17 heavy (non-hydrogen) atoms. The molecule has 1 aliphatic carbocycles. The van der Waals surface area contributed by atoms with Crippen LogP contribution in [0.3, 0.4) is 0 Å². The van der Waals surface area contributed by atoms with Crippen LogP contribution in [-0.2, 0) is 0 Å². The zero-order valence-corrected chi connectivity index (χ0v) is 9.99. The molecule has 0 saturated heterocycles. The lowest BCUT2D eigenvalue weighted by atomic mass is 9.75. The maximum absolute atomic E-state index is 12.0. The number of hydrazine groups is 1. The summed E-state index contributed by atoms with van der Waals surface area (Å²) < 4.78 is 0. The fourth-order valence-corrected chi connectivity index (χ4v) is 2.12. The van der Waals surface area contributed by atoms with E-state index < -0.39 is 0 Å². The Kier molecular flexibility index (Phi) is 3.28. The number of hydrogen-bond donors (Lipinski definition) is 3. The van der Waals surface area contributed by atoms with Crippen LogP contribution in [0.15, 0.2) is 18.2 Å². The van der Waals surface area contributed by atoms with Gasteiger partial charge in [-0.05, 0) is 37.8 Å². The topological polar surface area (TPSA) is 80.0 Å². The van der Waals surface area contributed by atoms with Gasteiger partial charge in [-0.3, -0.25) is 4.79 Å². The quantitative estimate of drug-likeness (QED) is 0.544. The minimum absolute atomic E-state index is 0.00902. The number of anilines is 1. The molecule has 5 nitrogen and oxygen atoms in total. The van der Waals surface area contributed by atoms with Gasteiger partial charge in [0.15, 0.2) is 0 Å². The molecule has 0 aromatic carbocycles. The van der Waals surface area contributed by atoms with Gasteiger partial charge in [0.05, 0.1) is 0 Å². The standard InChI is InChI=1S/C12H18N4O/c1-2-12(7-4-8-12)15-11(17)9-5-3-6-10(14-9)16-13/h3,5-6H,2,4,7-8,13H2,1H3,(H,14,16)(H,15,17). The van der Waals surface area contributed by atoms with Gasteiger partial charge in [0.25, 0.3) is 5.91 Å². The Hall–Kier alpha value is -1.62. The van der Waals surface area contributed by atoms with Crippen molar-refractivity contribution in [3.05, 3.63) is 23.9 Å². The maximum Gasteiger partial charge on any atom is 0.270 e. The zero-order chi connectivity index (χ0) is 12.3. The van der Waals surface area contributed by atoms with E-state index in [-0.39, 0.29) is 11.4 Å². The molecule has 0 radical (unpaired) electrons. The highest BCUT2D eigenvalue weighted by molar-refractivity contribution is 5.93. The van der Waals surface area contributed by atoms with E-state index in [1.807, 2.05) is 0 Å². The van der Waals surface area contributed by atoms with Crippen LogP contribution in [0.4, 0.5) is 5.82 Å². The first kappa shape index (κ1) is 11.9. The van der Waals surface area contributed by atoms with Gasteiger partial charge in [-0.15, -0.1) is 0 Å². The molecule has 4 N–H and O–H groups in total. The Morgan fingerprint density at radius 2 is 2.29 bits per heavy atom. The van der Waals surface area contributed by atoms with Crippen molar-refractivity contribution in [2.45, 2.75) is 38.1 Å². The third-order valence-electron chi connectivity index (χ3n) is 3.50. The molecular weight excluding hydrogens is 216 g/mol. The number of nitrogens with zero attached hydrogens (tertiary/aromatic N) is 1. The van der Waals surface area contributed by atoms with Crippen LogP contribution < -0.4 is 16.6 Å². The van der Waals surface area contributed by atoms with Crippen LogP contribution in [0, 0.1) is 0 Å². The van der Waals surface area contributed by atoms with E-state index in [9.17, 15) is 4.79 Å². The number of nitrogen functional groups attached to an aromatic ring is 1. The number of amides is 1. The lowest BCUT2D eigenvalue weighted by molar-refractivity contribution is 0.0815. The zero-order valence-electron chi connectivity index (χ0n) is 9.99. The molecule has 0 bridgehead atoms. The summed E-state index contributed by atoms with van der Waals surface area (Å²) in [6.07, 6.45) is 4.27. The minimum Gasteiger partial charge on any atom is -0.345 e. The third kappa shape index (κ3) is 2.39. The van der Waals surface area contributed by atoms with Crippen molar-refractivity contribution in [2.24, 2.45) is 5.84 Å². The second-order valence-corrected chi connectivity index (χ2v) is 4.49. The highest BCUT2D eigenvalue weighted by Gasteiger charge is 2.36. The van der Waals surface area contributed by atoms with E-state index in [1.165, 1.54) is 6.42 Å². The SMILES string of the molecule is CCC1(NC(=O)c2cccc(NN)n2)CCC1. The molecule has 0 aliphatic heterocycles. The second kappa shape index (κ2) is 4.71. The van der Waals surface area contributed by atoms with Gasteiger partial charge in [0.2, 0.25) is 0 Å². The number of pyridine rings is 1. The van der Waals surface area contributed by atoms with Gasteiger partial charge in [0, 0.05) is 5.54 Å². The average molecular weight is 234 g/mol. The molecular formula is C12H18N4O. The van der Waals surface area contributed by atoms with Crippen molar-refractivity contribution in [3.8, 4) is 0 Å². The van der Waals surface area contributed by atoms with Crippen molar-refractivity contribution < 1.29 is 4.79 Å². The van der Waals surface area contributed by atoms with Crippen LogP contribution in [0.2, 0.25) is 0 Å². The Bertz CT molecular complexity index is 409. The van der Waals surface area contributed by atoms with Gasteiger partial charge in [-0.25, -0.2) is 10.8 Å². The van der Waals surface area contributed by atoms with Crippen LogP contribution in [0.1, 0.15) is 43.1 Å². The molecule has 0 unspecified atom stereocenters. The first-order valence-electron chi connectivity index (χ1n) is 5.95. The Morgan fingerprint density at radius 3 is 2.82 bits per heavy atom. The van der Waals surface area contributed by atoms with Crippen molar-refractivity contribution in [1.29, 1.82) is 0 Å². The normalized spacial score (nSPS) is 17.1. The Balaban J connectivity index is 2.08. The number of hydrogen-bond acceptors (Lipinski definition) is 4. The summed E-state index contributed by atoms with van der Waals surface area (Å²) in [5, 5.41) is 3.08. The molecule has 1 heterocycles. The van der Waals surface area contributed by atoms with Gasteiger partial charge in [0.1, 0.15) is 11.5 Å². The van der Waals surface area contributed by atoms with Crippen LogP contribution in [-0.4, -0.2) is 16.4 Å². The van der Waals surface area contributed by atoms with E-state index in [1.54, 1.807) is 18.2 Å². The van der Waals surface area contributed by atoms with Gasteiger partial charge >= 0.3 is 0 Å². The number of carbonyl (C=O) groups is 1. The predicted molar refractivity (Wildman–Crippen MR) is 66.4 cm³/mol. The smallest absolute Gasteiger partial charge is 0.270 e. The molecule has 1 aliphatic rings. The van der Waals surface area contributed by atoms with Crippen LogP contribution >= 0.6 is 0 Å². The Labute approximate surface area is 101 Å². The monoisotopic (exact) mass is 234 g/mol. The van der Waals surface area contributed by atoms with E-state index >= 15 is 0 Å². The maximum atomic E-state index is 12.0. The largest absolute Gasteiger partial charge is 0.345 e. The molecule has 0 spiro atoms. The molecule has 1 fully saturated rings. The van der Waals surface area contributed by atoms with Crippen molar-refractivity contribution in [1.82, 2.24) is 10.3 Å². The summed E-state index contributed by atoms with van der Waals surface area (Å²) in [5.74, 6) is 5.64. The van der Waals surface area contributed by atoms with E-state index in [4.69, 9.17) is 5.84 Å². The minimum atomic E-state index is -0.122. The van der Waals surface area contributed by atoms with Gasteiger partial charge < -0.3 is 10.7 Å². The predicted octanol–water partition coefficient (Wildman–Crippen LogP) is 1.43. The first-order valence-corrected chi connectivity index (χ1v) is 5.95. The molecule has 1 amide bonds. The molecule has 2 rings (SSSR count). The lowest BCUT2D eigenvalue weighted by Gasteiger charge is -2.41. The summed E-state index contributed by atoms with van der Waals surface area (Å²) >= 11 is 0. The summed E-state index contributed by atoms with van der Waals surface area (Å²) in [7, 11) is 0. The molecule has 5 heteroatoms. The highest BCUT2D eigenvalue weighted by atomic mass is 16.2. The lowest BCUT2D eigenvalue weighted by Crippen LogP contribution is -2.53. The van der Waals surface area contributed by atoms with Gasteiger partial charge in [-0.1, -0.05) is 13.0 Å². The van der Waals surface area contributed by atoms with Crippen LogP contribution in [0.5, 0.6) is 0 Å². The number of carbonyl (C=O) groups excluding carboxylic acids is 1. The van der Waals surface area contributed by atoms with E-state index in [0.717, 1.165) is 19.3 Å². The second-order valence-electron chi connectivity index (χ2n) is 4.49. The Morgan fingerprint density at radius 1 is 1.53 bits per heavy atom. The van der Waals surface area contributed by atoms with Crippen molar-refractivity contribution in [2.75, 3.05) is 5.43 Å². The summed E-state index contributed by atoms with van der Waals surface area (Å²) in [4.78, 5) is 16.2. The third-order valence-corrected chi connectivity index (χ3v) is 3.50. The summed E-state index contributed by atoms with van der Waals surface area (Å²) in [6.45, 7) is 2.10. The highest BCUT2D eigenvalue weighted by Crippen LogP contribution is 2.34. The van der Waals surface area contributed by atoms with Crippen LogP contribution in [0.25, 0.3) is 0 Å². The molecule has 1 aromatic rings. The number of nitrogens with two attached hydrogens (primary N) is 1. The van der Waals surface area contributed by atoms with E-state index in [0.29, 0.717) is 11.5 Å². The molecule has 92 valence electrons. The summed E-state index contributed by atoms with van der Waals surface area (Å²) in [5.41, 5.74) is 2.83.